The highest BCUT2D eigenvalue weighted by Gasteiger charge is 2.44. The third-order valence-electron chi connectivity index (χ3n) is 4.78. The topological polar surface area (TPSA) is 40.5 Å². The molecule has 18 heavy (non-hydrogen) atoms. The Bertz CT molecular complexity index is 280. The lowest BCUT2D eigenvalue weighted by Crippen LogP contribution is -2.42. The average molecular weight is 253 g/mol. The first-order chi connectivity index (χ1) is 8.74. The minimum absolute atomic E-state index is 0.195. The number of hydrogen-bond acceptors (Lipinski definition) is 2. The van der Waals surface area contributed by atoms with Crippen LogP contribution in [-0.4, -0.2) is 34.6 Å². The van der Waals surface area contributed by atoms with Crippen LogP contribution in [0.15, 0.2) is 0 Å². The van der Waals surface area contributed by atoms with E-state index in [1.807, 2.05) is 0 Å². The van der Waals surface area contributed by atoms with Crippen LogP contribution in [-0.2, 0) is 4.79 Å². The van der Waals surface area contributed by atoms with E-state index in [1.54, 1.807) is 0 Å². The van der Waals surface area contributed by atoms with Gasteiger partial charge in [-0.1, -0.05) is 39.0 Å². The molecule has 3 nitrogen and oxygen atoms in total. The molecule has 1 aliphatic heterocycles. The summed E-state index contributed by atoms with van der Waals surface area (Å²) in [5.41, 5.74) is 0. The maximum Gasteiger partial charge on any atom is 0.320 e. The number of rotatable bonds is 6. The van der Waals surface area contributed by atoms with Crippen molar-refractivity contribution >= 4 is 5.97 Å². The molecule has 1 saturated heterocycles. The molecule has 0 aromatic carbocycles. The van der Waals surface area contributed by atoms with Gasteiger partial charge < -0.3 is 5.11 Å². The molecule has 1 aliphatic carbocycles. The summed E-state index contributed by atoms with van der Waals surface area (Å²) in [7, 11) is 0. The van der Waals surface area contributed by atoms with E-state index in [9.17, 15) is 9.90 Å². The summed E-state index contributed by atoms with van der Waals surface area (Å²) < 4.78 is 0. The van der Waals surface area contributed by atoms with Gasteiger partial charge >= 0.3 is 5.97 Å². The molecule has 104 valence electrons. The Morgan fingerprint density at radius 3 is 2.72 bits per heavy atom. The summed E-state index contributed by atoms with van der Waals surface area (Å²) in [6, 6.07) is 0.376. The second-order valence-corrected chi connectivity index (χ2v) is 6.00. The Balaban J connectivity index is 1.91. The summed E-state index contributed by atoms with van der Waals surface area (Å²) >= 11 is 0. The van der Waals surface area contributed by atoms with Crippen molar-refractivity contribution in [1.29, 1.82) is 0 Å². The number of carboxylic acid groups (broad SMARTS) is 1. The molecular weight excluding hydrogens is 226 g/mol. The van der Waals surface area contributed by atoms with E-state index in [1.165, 1.54) is 51.4 Å². The van der Waals surface area contributed by atoms with Crippen molar-refractivity contribution in [2.45, 2.75) is 76.8 Å². The lowest BCUT2D eigenvalue weighted by Gasteiger charge is -2.32. The van der Waals surface area contributed by atoms with Gasteiger partial charge in [-0.2, -0.15) is 0 Å². The maximum atomic E-state index is 11.4. The van der Waals surface area contributed by atoms with Crippen LogP contribution >= 0.6 is 0 Å². The smallest absolute Gasteiger partial charge is 0.320 e. The van der Waals surface area contributed by atoms with E-state index < -0.39 is 5.97 Å². The van der Waals surface area contributed by atoms with Gasteiger partial charge in [-0.15, -0.1) is 0 Å². The van der Waals surface area contributed by atoms with E-state index in [2.05, 4.69) is 11.8 Å². The van der Waals surface area contributed by atoms with Gasteiger partial charge in [-0.3, -0.25) is 9.69 Å². The standard InChI is InChI=1S/C15H27NO2/c1-2-3-4-7-10-16-13-9-6-5-8-12(13)11-14(16)15(17)18/h12-14H,2-11H2,1H3,(H,17,18). The van der Waals surface area contributed by atoms with E-state index in [4.69, 9.17) is 0 Å². The second-order valence-electron chi connectivity index (χ2n) is 6.00. The van der Waals surface area contributed by atoms with Crippen molar-refractivity contribution < 1.29 is 9.90 Å². The summed E-state index contributed by atoms with van der Waals surface area (Å²) in [4.78, 5) is 13.7. The van der Waals surface area contributed by atoms with Gasteiger partial charge in [-0.05, 0) is 38.1 Å². The zero-order chi connectivity index (χ0) is 13.0. The number of unbranched alkanes of at least 4 members (excludes halogenated alkanes) is 3. The maximum absolute atomic E-state index is 11.4. The third kappa shape index (κ3) is 3.05. The van der Waals surface area contributed by atoms with Crippen molar-refractivity contribution in [1.82, 2.24) is 4.90 Å². The average Bonchev–Trinajstić information content (AvgIpc) is 2.74. The van der Waals surface area contributed by atoms with Gasteiger partial charge in [0.15, 0.2) is 0 Å². The summed E-state index contributed by atoms with van der Waals surface area (Å²) in [6.07, 6.45) is 10.9. The van der Waals surface area contributed by atoms with Gasteiger partial charge in [0.05, 0.1) is 0 Å². The SMILES string of the molecule is CCCCCCN1C(C(=O)O)CC2CCCCC21. The first-order valence-electron chi connectivity index (χ1n) is 7.72. The van der Waals surface area contributed by atoms with Gasteiger partial charge in [-0.25, -0.2) is 0 Å². The third-order valence-corrected chi connectivity index (χ3v) is 4.78. The molecule has 0 aromatic rings. The Labute approximate surface area is 111 Å². The molecule has 2 aliphatic rings. The lowest BCUT2D eigenvalue weighted by atomic mass is 9.85. The van der Waals surface area contributed by atoms with Crippen LogP contribution in [0.25, 0.3) is 0 Å². The number of likely N-dealkylation sites (tertiary alicyclic amines) is 1. The molecule has 3 unspecified atom stereocenters. The number of carboxylic acids is 1. The molecule has 1 N–H and O–H groups in total. The lowest BCUT2D eigenvalue weighted by molar-refractivity contribution is -0.142. The number of aliphatic carboxylic acids is 1. The van der Waals surface area contributed by atoms with Crippen LogP contribution < -0.4 is 0 Å². The number of fused-ring (bicyclic) bond motifs is 1. The Morgan fingerprint density at radius 1 is 1.22 bits per heavy atom. The fraction of sp³-hybridized carbons (Fsp3) is 0.933. The van der Waals surface area contributed by atoms with E-state index in [-0.39, 0.29) is 6.04 Å². The fourth-order valence-corrected chi connectivity index (χ4v) is 3.84. The molecule has 0 radical (unpaired) electrons. The highest BCUT2D eigenvalue weighted by molar-refractivity contribution is 5.74. The Hall–Kier alpha value is -0.570. The highest BCUT2D eigenvalue weighted by atomic mass is 16.4. The zero-order valence-corrected chi connectivity index (χ0v) is 11.6. The highest BCUT2D eigenvalue weighted by Crippen LogP contribution is 2.39. The van der Waals surface area contributed by atoms with E-state index in [0.29, 0.717) is 12.0 Å². The van der Waals surface area contributed by atoms with Crippen LogP contribution in [0.5, 0.6) is 0 Å². The summed E-state index contributed by atoms with van der Waals surface area (Å²) in [5.74, 6) is 0.0610. The molecule has 0 amide bonds. The minimum Gasteiger partial charge on any atom is -0.480 e. The van der Waals surface area contributed by atoms with Crippen LogP contribution in [0.4, 0.5) is 0 Å². The van der Waals surface area contributed by atoms with Crippen LogP contribution in [0.1, 0.15) is 64.7 Å². The van der Waals surface area contributed by atoms with Crippen molar-refractivity contribution in [2.24, 2.45) is 5.92 Å². The monoisotopic (exact) mass is 253 g/mol. The van der Waals surface area contributed by atoms with Gasteiger partial charge in [0.25, 0.3) is 0 Å². The minimum atomic E-state index is -0.597. The quantitative estimate of drug-likeness (QED) is 0.738. The molecular formula is C15H27NO2. The number of hydrogen-bond donors (Lipinski definition) is 1. The van der Waals surface area contributed by atoms with Crippen molar-refractivity contribution in [3.05, 3.63) is 0 Å². The van der Waals surface area contributed by atoms with Gasteiger partial charge in [0.1, 0.15) is 6.04 Å². The van der Waals surface area contributed by atoms with Gasteiger partial charge in [0, 0.05) is 6.04 Å². The second kappa shape index (κ2) is 6.55. The normalized spacial score (nSPS) is 32.4. The number of nitrogens with zero attached hydrogens (tertiary/aromatic N) is 1. The molecule has 0 aromatic heterocycles. The first kappa shape index (κ1) is 13.9. The van der Waals surface area contributed by atoms with Crippen molar-refractivity contribution in [3.63, 3.8) is 0 Å². The van der Waals surface area contributed by atoms with Crippen molar-refractivity contribution in [2.75, 3.05) is 6.54 Å². The predicted molar refractivity (Wildman–Crippen MR) is 72.6 cm³/mol. The number of carbonyl (C=O) groups is 1. The first-order valence-corrected chi connectivity index (χ1v) is 7.72. The van der Waals surface area contributed by atoms with Crippen LogP contribution in [0.3, 0.4) is 0 Å². The molecule has 1 saturated carbocycles. The van der Waals surface area contributed by atoms with Crippen LogP contribution in [0, 0.1) is 5.92 Å². The molecule has 2 fully saturated rings. The molecule has 0 bridgehead atoms. The summed E-state index contributed by atoms with van der Waals surface area (Å²) in [5, 5.41) is 9.39. The molecule has 0 spiro atoms. The van der Waals surface area contributed by atoms with Crippen molar-refractivity contribution in [3.8, 4) is 0 Å². The zero-order valence-electron chi connectivity index (χ0n) is 11.6. The van der Waals surface area contributed by atoms with E-state index >= 15 is 0 Å². The fourth-order valence-electron chi connectivity index (χ4n) is 3.84. The molecule has 2 rings (SSSR count). The molecule has 3 atom stereocenters. The predicted octanol–water partition coefficient (Wildman–Crippen LogP) is 3.28. The molecule has 1 heterocycles. The summed E-state index contributed by atoms with van der Waals surface area (Å²) in [6.45, 7) is 3.21. The van der Waals surface area contributed by atoms with Gasteiger partial charge in [0.2, 0.25) is 0 Å². The Kier molecular flexibility index (Phi) is 5.04. The Morgan fingerprint density at radius 2 is 2.00 bits per heavy atom. The van der Waals surface area contributed by atoms with E-state index in [0.717, 1.165) is 13.0 Å². The molecule has 3 heteroatoms. The van der Waals surface area contributed by atoms with Crippen LogP contribution in [0.2, 0.25) is 0 Å². The largest absolute Gasteiger partial charge is 0.480 e.